The minimum atomic E-state index is 0.0362. The van der Waals surface area contributed by atoms with E-state index in [9.17, 15) is 4.79 Å². The van der Waals surface area contributed by atoms with E-state index < -0.39 is 0 Å². The van der Waals surface area contributed by atoms with E-state index >= 15 is 0 Å². The topological polar surface area (TPSA) is 58.1 Å². The van der Waals surface area contributed by atoms with Gasteiger partial charge in [0.05, 0.1) is 11.6 Å². The first-order valence-corrected chi connectivity index (χ1v) is 7.12. The molecule has 1 aromatic heterocycles. The van der Waals surface area contributed by atoms with E-state index in [0.29, 0.717) is 11.6 Å². The number of nitrogens with zero attached hydrogens (tertiary/aromatic N) is 3. The Kier molecular flexibility index (Phi) is 3.84. The number of aromatic nitrogens is 2. The highest BCUT2D eigenvalue weighted by molar-refractivity contribution is 5.99. The van der Waals surface area contributed by atoms with Crippen LogP contribution >= 0.6 is 0 Å². The summed E-state index contributed by atoms with van der Waals surface area (Å²) in [6.45, 7) is 3.18. The molecule has 1 N–H and O–H groups in total. The SMILES string of the molecule is O=C(c1cncnc1)C1CCCN1C1CCNCC1. The zero-order chi connectivity index (χ0) is 13.1. The summed E-state index contributed by atoms with van der Waals surface area (Å²) in [7, 11) is 0. The molecule has 2 fully saturated rings. The number of ketones is 1. The number of hydrogen-bond acceptors (Lipinski definition) is 5. The molecule has 1 atom stereocenters. The molecule has 1 aromatic rings. The number of rotatable bonds is 3. The van der Waals surface area contributed by atoms with E-state index in [1.165, 1.54) is 6.33 Å². The molecule has 5 nitrogen and oxygen atoms in total. The van der Waals surface area contributed by atoms with Crippen LogP contribution in [0.3, 0.4) is 0 Å². The first kappa shape index (κ1) is 12.7. The Hall–Kier alpha value is -1.33. The lowest BCUT2D eigenvalue weighted by atomic mass is 10.00. The third-order valence-electron chi connectivity index (χ3n) is 4.22. The summed E-state index contributed by atoms with van der Waals surface area (Å²) in [4.78, 5) is 22.9. The highest BCUT2D eigenvalue weighted by Gasteiger charge is 2.36. The van der Waals surface area contributed by atoms with Crippen LogP contribution in [0.15, 0.2) is 18.7 Å². The van der Waals surface area contributed by atoms with Gasteiger partial charge in [-0.3, -0.25) is 9.69 Å². The molecule has 102 valence electrons. The highest BCUT2D eigenvalue weighted by atomic mass is 16.1. The van der Waals surface area contributed by atoms with Crippen molar-refractivity contribution in [3.63, 3.8) is 0 Å². The Labute approximate surface area is 113 Å². The molecule has 3 rings (SSSR count). The standard InChI is InChI=1S/C14H20N4O/c19-14(11-8-16-10-17-9-11)13-2-1-7-18(13)12-3-5-15-6-4-12/h8-10,12-13,15H,1-7H2. The normalized spacial score (nSPS) is 25.6. The number of Topliss-reactive ketones (excluding diaryl/α,β-unsaturated/α-hetero) is 1. The second-order valence-corrected chi connectivity index (χ2v) is 5.37. The zero-order valence-electron chi connectivity index (χ0n) is 11.1. The molecule has 0 radical (unpaired) electrons. The molecule has 5 heteroatoms. The first-order valence-electron chi connectivity index (χ1n) is 7.12. The quantitative estimate of drug-likeness (QED) is 0.817. The van der Waals surface area contributed by atoms with Gasteiger partial charge in [-0.05, 0) is 45.3 Å². The van der Waals surface area contributed by atoms with Gasteiger partial charge in [0.25, 0.3) is 0 Å². The lowest BCUT2D eigenvalue weighted by Crippen LogP contribution is -2.47. The van der Waals surface area contributed by atoms with E-state index in [-0.39, 0.29) is 11.8 Å². The maximum absolute atomic E-state index is 12.6. The van der Waals surface area contributed by atoms with Crippen LogP contribution in [-0.4, -0.2) is 52.4 Å². The summed E-state index contributed by atoms with van der Waals surface area (Å²) < 4.78 is 0. The van der Waals surface area contributed by atoms with Crippen LogP contribution in [0, 0.1) is 0 Å². The molecule has 0 bridgehead atoms. The van der Waals surface area contributed by atoms with Crippen molar-refractivity contribution in [3.8, 4) is 0 Å². The molecule has 2 saturated heterocycles. The first-order chi connectivity index (χ1) is 9.36. The smallest absolute Gasteiger partial charge is 0.183 e. The summed E-state index contributed by atoms with van der Waals surface area (Å²) in [5.41, 5.74) is 0.647. The van der Waals surface area contributed by atoms with Crippen molar-refractivity contribution >= 4 is 5.78 Å². The van der Waals surface area contributed by atoms with Gasteiger partial charge in [0.15, 0.2) is 5.78 Å². The molecular weight excluding hydrogens is 240 g/mol. The van der Waals surface area contributed by atoms with E-state index in [0.717, 1.165) is 45.3 Å². The Bertz CT molecular complexity index is 430. The van der Waals surface area contributed by atoms with Crippen LogP contribution in [-0.2, 0) is 0 Å². The fourth-order valence-corrected chi connectivity index (χ4v) is 3.26. The number of carbonyl (C=O) groups is 1. The van der Waals surface area contributed by atoms with Crippen molar-refractivity contribution in [2.45, 2.75) is 37.8 Å². The zero-order valence-corrected chi connectivity index (χ0v) is 11.1. The largest absolute Gasteiger partial charge is 0.317 e. The van der Waals surface area contributed by atoms with Gasteiger partial charge in [-0.15, -0.1) is 0 Å². The van der Waals surface area contributed by atoms with Gasteiger partial charge in [0, 0.05) is 18.4 Å². The monoisotopic (exact) mass is 260 g/mol. The molecule has 2 aliphatic heterocycles. The number of piperidine rings is 1. The van der Waals surface area contributed by atoms with Crippen molar-refractivity contribution in [2.24, 2.45) is 0 Å². The van der Waals surface area contributed by atoms with Crippen molar-refractivity contribution in [1.82, 2.24) is 20.2 Å². The second kappa shape index (κ2) is 5.75. The minimum Gasteiger partial charge on any atom is -0.317 e. The Morgan fingerprint density at radius 1 is 1.21 bits per heavy atom. The van der Waals surface area contributed by atoms with Gasteiger partial charge in [-0.2, -0.15) is 0 Å². The van der Waals surface area contributed by atoms with Gasteiger partial charge in [0.1, 0.15) is 6.33 Å². The van der Waals surface area contributed by atoms with Gasteiger partial charge in [-0.1, -0.05) is 0 Å². The highest BCUT2D eigenvalue weighted by Crippen LogP contribution is 2.26. The van der Waals surface area contributed by atoms with Gasteiger partial charge < -0.3 is 5.32 Å². The molecule has 0 aliphatic carbocycles. The predicted molar refractivity (Wildman–Crippen MR) is 72.0 cm³/mol. The number of hydrogen-bond donors (Lipinski definition) is 1. The molecule has 0 aromatic carbocycles. The van der Waals surface area contributed by atoms with Crippen molar-refractivity contribution in [2.75, 3.05) is 19.6 Å². The maximum Gasteiger partial charge on any atom is 0.183 e. The molecule has 0 amide bonds. The fourth-order valence-electron chi connectivity index (χ4n) is 3.26. The van der Waals surface area contributed by atoms with E-state index in [4.69, 9.17) is 0 Å². The Morgan fingerprint density at radius 3 is 2.68 bits per heavy atom. The summed E-state index contributed by atoms with van der Waals surface area (Å²) in [5.74, 6) is 0.191. The van der Waals surface area contributed by atoms with Crippen molar-refractivity contribution < 1.29 is 4.79 Å². The predicted octanol–water partition coefficient (Wildman–Crippen LogP) is 0.876. The third kappa shape index (κ3) is 2.67. The van der Waals surface area contributed by atoms with Crippen LogP contribution in [0.4, 0.5) is 0 Å². The van der Waals surface area contributed by atoms with E-state index in [1.807, 2.05) is 0 Å². The number of likely N-dealkylation sites (tertiary alicyclic amines) is 1. The third-order valence-corrected chi connectivity index (χ3v) is 4.22. The summed E-state index contributed by atoms with van der Waals surface area (Å²) in [6.07, 6.45) is 9.12. The van der Waals surface area contributed by atoms with Crippen molar-refractivity contribution in [3.05, 3.63) is 24.3 Å². The Morgan fingerprint density at radius 2 is 1.95 bits per heavy atom. The molecule has 1 unspecified atom stereocenters. The van der Waals surface area contributed by atoms with Crippen LogP contribution in [0.1, 0.15) is 36.0 Å². The van der Waals surface area contributed by atoms with Gasteiger partial charge >= 0.3 is 0 Å². The average molecular weight is 260 g/mol. The second-order valence-electron chi connectivity index (χ2n) is 5.37. The van der Waals surface area contributed by atoms with Crippen LogP contribution in [0.25, 0.3) is 0 Å². The molecule has 19 heavy (non-hydrogen) atoms. The minimum absolute atomic E-state index is 0.0362. The summed E-state index contributed by atoms with van der Waals surface area (Å²) >= 11 is 0. The van der Waals surface area contributed by atoms with Gasteiger partial charge in [-0.25, -0.2) is 9.97 Å². The fraction of sp³-hybridized carbons (Fsp3) is 0.643. The van der Waals surface area contributed by atoms with Crippen LogP contribution < -0.4 is 5.32 Å². The summed E-state index contributed by atoms with van der Waals surface area (Å²) in [5, 5.41) is 3.38. The molecule has 3 heterocycles. The lowest BCUT2D eigenvalue weighted by Gasteiger charge is -2.35. The summed E-state index contributed by atoms with van der Waals surface area (Å²) in [6, 6.07) is 0.594. The van der Waals surface area contributed by atoms with Crippen LogP contribution in [0.2, 0.25) is 0 Å². The number of carbonyl (C=O) groups excluding carboxylic acids is 1. The van der Waals surface area contributed by atoms with Crippen LogP contribution in [0.5, 0.6) is 0 Å². The molecule has 0 spiro atoms. The lowest BCUT2D eigenvalue weighted by molar-refractivity contribution is 0.0783. The Balaban J connectivity index is 1.74. The molecular formula is C14H20N4O. The van der Waals surface area contributed by atoms with E-state index in [1.54, 1.807) is 12.4 Å². The van der Waals surface area contributed by atoms with Crippen molar-refractivity contribution in [1.29, 1.82) is 0 Å². The van der Waals surface area contributed by atoms with Gasteiger partial charge in [0.2, 0.25) is 0 Å². The maximum atomic E-state index is 12.6. The van der Waals surface area contributed by atoms with E-state index in [2.05, 4.69) is 20.2 Å². The molecule has 2 aliphatic rings. The average Bonchev–Trinajstić information content (AvgIpc) is 2.98. The molecule has 0 saturated carbocycles. The number of nitrogens with one attached hydrogen (secondary N) is 1.